The Kier molecular flexibility index (Phi) is 3.79. The maximum Gasteiger partial charge on any atom is 0.178 e. The Bertz CT molecular complexity index is 731. The van der Waals surface area contributed by atoms with Crippen molar-refractivity contribution in [2.45, 2.75) is 13.5 Å². The number of H-pyrrole nitrogens is 1. The zero-order chi connectivity index (χ0) is 13.3. The van der Waals surface area contributed by atoms with Crippen molar-refractivity contribution >= 4 is 44.7 Å². The third-order valence-corrected chi connectivity index (χ3v) is 5.04. The maximum atomic E-state index is 11.5. The lowest BCUT2D eigenvalue weighted by Gasteiger charge is -2.04. The van der Waals surface area contributed by atoms with E-state index in [4.69, 9.17) is 23.8 Å². The summed E-state index contributed by atoms with van der Waals surface area (Å²) in [6, 6.07) is 5.38. The Hall–Kier alpha value is -0.850. The molecule has 0 fully saturated rings. The highest BCUT2D eigenvalue weighted by Crippen LogP contribution is 2.19. The second-order valence-corrected chi connectivity index (χ2v) is 7.28. The van der Waals surface area contributed by atoms with Crippen LogP contribution >= 0.6 is 23.8 Å². The van der Waals surface area contributed by atoms with Crippen molar-refractivity contribution in [1.29, 1.82) is 0 Å². The van der Waals surface area contributed by atoms with Gasteiger partial charge in [0.15, 0.2) is 14.6 Å². The van der Waals surface area contributed by atoms with Gasteiger partial charge >= 0.3 is 0 Å². The molecule has 18 heavy (non-hydrogen) atoms. The molecule has 0 aliphatic rings. The summed E-state index contributed by atoms with van der Waals surface area (Å²) in [5, 5.41) is 0.601. The van der Waals surface area contributed by atoms with Crippen LogP contribution in [0.25, 0.3) is 11.0 Å². The highest BCUT2D eigenvalue weighted by Gasteiger charge is 2.10. The van der Waals surface area contributed by atoms with Gasteiger partial charge in [-0.1, -0.05) is 18.5 Å². The summed E-state index contributed by atoms with van der Waals surface area (Å²) in [4.78, 5) is 3.03. The number of hydrogen-bond acceptors (Lipinski definition) is 3. The summed E-state index contributed by atoms with van der Waals surface area (Å²) in [6.45, 7) is 1.98. The SMILES string of the molecule is CCS(=O)(=O)CCn1c(=S)[nH]c2ccc(Cl)cc21. The summed E-state index contributed by atoms with van der Waals surface area (Å²) in [6.07, 6.45) is 0. The van der Waals surface area contributed by atoms with Gasteiger partial charge in [0.2, 0.25) is 0 Å². The summed E-state index contributed by atoms with van der Waals surface area (Å²) in [5.41, 5.74) is 1.69. The molecule has 1 heterocycles. The number of nitrogens with one attached hydrogen (secondary N) is 1. The predicted molar refractivity (Wildman–Crippen MR) is 76.5 cm³/mol. The molecule has 0 atom stereocenters. The molecule has 0 aliphatic carbocycles. The molecule has 7 heteroatoms. The van der Waals surface area contributed by atoms with Crippen LogP contribution in [-0.2, 0) is 16.4 Å². The molecule has 0 amide bonds. The number of nitrogens with zero attached hydrogens (tertiary/aromatic N) is 1. The number of benzene rings is 1. The van der Waals surface area contributed by atoms with Gasteiger partial charge in [0, 0.05) is 17.3 Å². The minimum absolute atomic E-state index is 0.0806. The smallest absolute Gasteiger partial charge is 0.178 e. The van der Waals surface area contributed by atoms with Crippen LogP contribution in [0, 0.1) is 4.77 Å². The molecule has 0 saturated carbocycles. The van der Waals surface area contributed by atoms with Crippen molar-refractivity contribution in [3.63, 3.8) is 0 Å². The second kappa shape index (κ2) is 5.03. The predicted octanol–water partition coefficient (Wildman–Crippen LogP) is 2.79. The number of halogens is 1. The molecular weight excluding hydrogens is 292 g/mol. The van der Waals surface area contributed by atoms with Crippen LogP contribution in [0.2, 0.25) is 5.02 Å². The molecular formula is C11H13ClN2O2S2. The molecule has 0 aliphatic heterocycles. The van der Waals surface area contributed by atoms with E-state index in [1.807, 2.05) is 6.07 Å². The molecule has 0 saturated heterocycles. The Morgan fingerprint density at radius 1 is 1.44 bits per heavy atom. The minimum atomic E-state index is -3.01. The highest BCUT2D eigenvalue weighted by molar-refractivity contribution is 7.91. The lowest BCUT2D eigenvalue weighted by atomic mass is 10.3. The summed E-state index contributed by atoms with van der Waals surface area (Å²) in [5.74, 6) is 0.223. The molecule has 0 bridgehead atoms. The molecule has 98 valence electrons. The van der Waals surface area contributed by atoms with E-state index >= 15 is 0 Å². The summed E-state index contributed by atoms with van der Waals surface area (Å²) >= 11 is 11.1. The van der Waals surface area contributed by atoms with Gasteiger partial charge in [-0.2, -0.15) is 0 Å². The van der Waals surface area contributed by atoms with Crippen LogP contribution in [-0.4, -0.2) is 29.5 Å². The normalized spacial score (nSPS) is 12.1. The standard InChI is InChI=1S/C11H13ClN2O2S2/c1-2-18(15,16)6-5-14-10-7-8(12)3-4-9(10)13-11(14)17/h3-4,7H,2,5-6H2,1H3,(H,13,17). The molecule has 1 N–H and O–H groups in total. The van der Waals surface area contributed by atoms with Crippen molar-refractivity contribution in [2.24, 2.45) is 0 Å². The first-order chi connectivity index (χ1) is 8.43. The third kappa shape index (κ3) is 2.76. The molecule has 0 spiro atoms. The monoisotopic (exact) mass is 304 g/mol. The quantitative estimate of drug-likeness (QED) is 0.884. The fraction of sp³-hybridized carbons (Fsp3) is 0.364. The van der Waals surface area contributed by atoms with Gasteiger partial charge in [0.1, 0.15) is 0 Å². The number of sulfone groups is 1. The van der Waals surface area contributed by atoms with Crippen LogP contribution in [0.15, 0.2) is 18.2 Å². The van der Waals surface area contributed by atoms with Gasteiger partial charge in [-0.25, -0.2) is 8.42 Å². The maximum absolute atomic E-state index is 11.5. The van der Waals surface area contributed by atoms with E-state index in [-0.39, 0.29) is 11.5 Å². The average Bonchev–Trinajstić information content (AvgIpc) is 2.62. The molecule has 2 aromatic rings. The summed E-state index contributed by atoms with van der Waals surface area (Å²) in [7, 11) is -3.01. The number of aromatic amines is 1. The van der Waals surface area contributed by atoms with E-state index in [0.717, 1.165) is 11.0 Å². The minimum Gasteiger partial charge on any atom is -0.331 e. The van der Waals surface area contributed by atoms with E-state index in [9.17, 15) is 8.42 Å². The van der Waals surface area contributed by atoms with E-state index in [1.165, 1.54) is 0 Å². The van der Waals surface area contributed by atoms with Gasteiger partial charge < -0.3 is 9.55 Å². The number of hydrogen-bond donors (Lipinski definition) is 1. The first kappa shape index (κ1) is 13.6. The fourth-order valence-corrected chi connectivity index (χ4v) is 2.94. The second-order valence-electron chi connectivity index (χ2n) is 3.98. The van der Waals surface area contributed by atoms with Gasteiger partial charge in [0.25, 0.3) is 0 Å². The van der Waals surface area contributed by atoms with Gasteiger partial charge in [-0.05, 0) is 30.4 Å². The number of aryl methyl sites for hydroxylation is 1. The number of rotatable bonds is 4. The first-order valence-corrected chi connectivity index (χ1v) is 8.12. The lowest BCUT2D eigenvalue weighted by molar-refractivity contribution is 0.590. The number of fused-ring (bicyclic) bond motifs is 1. The Labute approximate surface area is 115 Å². The van der Waals surface area contributed by atoms with Gasteiger partial charge in [0.05, 0.1) is 16.8 Å². The molecule has 4 nitrogen and oxygen atoms in total. The van der Waals surface area contributed by atoms with E-state index in [0.29, 0.717) is 16.3 Å². The van der Waals surface area contributed by atoms with Crippen LogP contribution in [0.1, 0.15) is 6.92 Å². The Morgan fingerprint density at radius 2 is 2.17 bits per heavy atom. The molecule has 2 rings (SSSR count). The zero-order valence-electron chi connectivity index (χ0n) is 9.81. The topological polar surface area (TPSA) is 54.9 Å². The number of aromatic nitrogens is 2. The van der Waals surface area contributed by atoms with Crippen LogP contribution in [0.4, 0.5) is 0 Å². The van der Waals surface area contributed by atoms with E-state index in [2.05, 4.69) is 4.98 Å². The van der Waals surface area contributed by atoms with Crippen molar-refractivity contribution in [3.05, 3.63) is 28.0 Å². The van der Waals surface area contributed by atoms with Crippen molar-refractivity contribution in [1.82, 2.24) is 9.55 Å². The molecule has 0 unspecified atom stereocenters. The van der Waals surface area contributed by atoms with Gasteiger partial charge in [-0.3, -0.25) is 0 Å². The Balaban J connectivity index is 2.42. The average molecular weight is 305 g/mol. The van der Waals surface area contributed by atoms with E-state index < -0.39 is 9.84 Å². The fourth-order valence-electron chi connectivity index (χ4n) is 1.72. The molecule has 1 aromatic heterocycles. The first-order valence-electron chi connectivity index (χ1n) is 5.51. The number of imidazole rings is 1. The van der Waals surface area contributed by atoms with Crippen molar-refractivity contribution in [3.8, 4) is 0 Å². The zero-order valence-corrected chi connectivity index (χ0v) is 12.2. The largest absolute Gasteiger partial charge is 0.331 e. The Morgan fingerprint density at radius 3 is 2.83 bits per heavy atom. The van der Waals surface area contributed by atoms with Crippen molar-refractivity contribution < 1.29 is 8.42 Å². The molecule has 0 radical (unpaired) electrons. The van der Waals surface area contributed by atoms with Gasteiger partial charge in [-0.15, -0.1) is 0 Å². The van der Waals surface area contributed by atoms with Crippen LogP contribution in [0.3, 0.4) is 0 Å². The van der Waals surface area contributed by atoms with Crippen molar-refractivity contribution in [2.75, 3.05) is 11.5 Å². The molecule has 1 aromatic carbocycles. The highest BCUT2D eigenvalue weighted by atomic mass is 35.5. The third-order valence-electron chi connectivity index (χ3n) is 2.80. The summed E-state index contributed by atoms with van der Waals surface area (Å²) < 4.78 is 25.3. The van der Waals surface area contributed by atoms with Crippen LogP contribution < -0.4 is 0 Å². The van der Waals surface area contributed by atoms with E-state index in [1.54, 1.807) is 23.6 Å². The lowest BCUT2D eigenvalue weighted by Crippen LogP contribution is -2.14. The van der Waals surface area contributed by atoms with Crippen LogP contribution in [0.5, 0.6) is 0 Å².